The summed E-state index contributed by atoms with van der Waals surface area (Å²) in [6.07, 6.45) is -0.385. The van der Waals surface area contributed by atoms with E-state index in [4.69, 9.17) is 25.8 Å². The van der Waals surface area contributed by atoms with E-state index in [2.05, 4.69) is 15.9 Å². The van der Waals surface area contributed by atoms with Crippen LogP contribution in [0.4, 0.5) is 0 Å². The standard InChI is InChI=1S/C10H12BrClO3/c1-13-10(14-2)6-15-9-4-3-7(11)5-8(9)12/h3-5,10H,6H2,1-2H3. The fourth-order valence-electron chi connectivity index (χ4n) is 0.982. The van der Waals surface area contributed by atoms with Crippen molar-refractivity contribution in [3.8, 4) is 5.75 Å². The van der Waals surface area contributed by atoms with Crippen LogP contribution in [0.1, 0.15) is 0 Å². The predicted octanol–water partition coefficient (Wildman–Crippen LogP) is 3.10. The normalized spacial score (nSPS) is 10.7. The van der Waals surface area contributed by atoms with Crippen LogP contribution in [-0.2, 0) is 9.47 Å². The van der Waals surface area contributed by atoms with Crippen LogP contribution in [0, 0.1) is 0 Å². The monoisotopic (exact) mass is 294 g/mol. The fourth-order valence-corrected chi connectivity index (χ4v) is 1.71. The summed E-state index contributed by atoms with van der Waals surface area (Å²) in [5.74, 6) is 0.610. The minimum atomic E-state index is -0.385. The van der Waals surface area contributed by atoms with Gasteiger partial charge in [-0.2, -0.15) is 0 Å². The molecule has 0 radical (unpaired) electrons. The van der Waals surface area contributed by atoms with Crippen molar-refractivity contribution >= 4 is 27.5 Å². The number of methoxy groups -OCH3 is 2. The first kappa shape index (κ1) is 12.8. The summed E-state index contributed by atoms with van der Waals surface area (Å²) in [7, 11) is 3.11. The first-order valence-corrected chi connectivity index (χ1v) is 5.48. The van der Waals surface area contributed by atoms with E-state index >= 15 is 0 Å². The van der Waals surface area contributed by atoms with E-state index < -0.39 is 0 Å². The third-order valence-electron chi connectivity index (χ3n) is 1.79. The molecule has 15 heavy (non-hydrogen) atoms. The molecule has 1 aromatic rings. The Hall–Kier alpha value is -0.290. The molecule has 3 nitrogen and oxygen atoms in total. The highest BCUT2D eigenvalue weighted by atomic mass is 79.9. The van der Waals surface area contributed by atoms with Crippen LogP contribution in [0.2, 0.25) is 5.02 Å². The van der Waals surface area contributed by atoms with E-state index in [1.807, 2.05) is 6.07 Å². The number of halogens is 2. The Balaban J connectivity index is 2.57. The van der Waals surface area contributed by atoms with Crippen molar-refractivity contribution in [2.75, 3.05) is 20.8 Å². The average Bonchev–Trinajstić information content (AvgIpc) is 2.22. The van der Waals surface area contributed by atoms with E-state index in [0.717, 1.165) is 4.47 Å². The summed E-state index contributed by atoms with van der Waals surface area (Å²) < 4.78 is 16.3. The largest absolute Gasteiger partial charge is 0.487 e. The van der Waals surface area contributed by atoms with Crippen LogP contribution in [0.3, 0.4) is 0 Å². The van der Waals surface area contributed by atoms with Gasteiger partial charge in [0.2, 0.25) is 0 Å². The average molecular weight is 296 g/mol. The fraction of sp³-hybridized carbons (Fsp3) is 0.400. The van der Waals surface area contributed by atoms with Gasteiger partial charge in [-0.15, -0.1) is 0 Å². The zero-order valence-electron chi connectivity index (χ0n) is 8.50. The molecular weight excluding hydrogens is 283 g/mol. The number of hydrogen-bond acceptors (Lipinski definition) is 3. The highest BCUT2D eigenvalue weighted by molar-refractivity contribution is 9.10. The SMILES string of the molecule is COC(COc1ccc(Br)cc1Cl)OC. The van der Waals surface area contributed by atoms with Gasteiger partial charge in [0, 0.05) is 18.7 Å². The van der Waals surface area contributed by atoms with Crippen LogP contribution in [0.15, 0.2) is 22.7 Å². The zero-order chi connectivity index (χ0) is 11.3. The number of rotatable bonds is 5. The molecule has 0 atom stereocenters. The first-order valence-electron chi connectivity index (χ1n) is 4.30. The molecule has 0 aliphatic carbocycles. The lowest BCUT2D eigenvalue weighted by Gasteiger charge is -2.15. The summed E-state index contributed by atoms with van der Waals surface area (Å²) in [5.41, 5.74) is 0. The molecule has 0 amide bonds. The van der Waals surface area contributed by atoms with Gasteiger partial charge >= 0.3 is 0 Å². The maximum atomic E-state index is 5.96. The Morgan fingerprint density at radius 3 is 2.53 bits per heavy atom. The van der Waals surface area contributed by atoms with Crippen molar-refractivity contribution in [1.29, 1.82) is 0 Å². The molecule has 0 aliphatic rings. The lowest BCUT2D eigenvalue weighted by molar-refractivity contribution is -0.121. The van der Waals surface area contributed by atoms with Gasteiger partial charge in [-0.1, -0.05) is 27.5 Å². The third-order valence-corrected chi connectivity index (χ3v) is 2.58. The van der Waals surface area contributed by atoms with Gasteiger partial charge in [0.25, 0.3) is 0 Å². The number of ether oxygens (including phenoxy) is 3. The topological polar surface area (TPSA) is 27.7 Å². The van der Waals surface area contributed by atoms with Crippen molar-refractivity contribution in [2.45, 2.75) is 6.29 Å². The molecule has 5 heteroatoms. The summed E-state index contributed by atoms with van der Waals surface area (Å²) >= 11 is 9.28. The second-order valence-electron chi connectivity index (χ2n) is 2.79. The Morgan fingerprint density at radius 1 is 1.33 bits per heavy atom. The molecule has 0 saturated carbocycles. The van der Waals surface area contributed by atoms with Crippen LogP contribution >= 0.6 is 27.5 Å². The number of benzene rings is 1. The maximum absolute atomic E-state index is 5.96. The molecule has 0 aliphatic heterocycles. The molecule has 84 valence electrons. The Labute approximate surface area is 102 Å². The van der Waals surface area contributed by atoms with Gasteiger partial charge < -0.3 is 14.2 Å². The van der Waals surface area contributed by atoms with Crippen LogP contribution < -0.4 is 4.74 Å². The van der Waals surface area contributed by atoms with Crippen molar-refractivity contribution in [1.82, 2.24) is 0 Å². The summed E-state index contributed by atoms with van der Waals surface area (Å²) in [4.78, 5) is 0. The first-order chi connectivity index (χ1) is 7.17. The lowest BCUT2D eigenvalue weighted by atomic mass is 10.3. The van der Waals surface area contributed by atoms with E-state index in [-0.39, 0.29) is 6.29 Å². The predicted molar refractivity (Wildman–Crippen MR) is 62.5 cm³/mol. The minimum absolute atomic E-state index is 0.300. The van der Waals surface area contributed by atoms with Crippen molar-refractivity contribution in [3.63, 3.8) is 0 Å². The quantitative estimate of drug-likeness (QED) is 0.781. The molecule has 1 rings (SSSR count). The van der Waals surface area contributed by atoms with Gasteiger partial charge in [0.1, 0.15) is 12.4 Å². The smallest absolute Gasteiger partial charge is 0.191 e. The molecule has 0 N–H and O–H groups in total. The van der Waals surface area contributed by atoms with Crippen molar-refractivity contribution in [3.05, 3.63) is 27.7 Å². The highest BCUT2D eigenvalue weighted by Gasteiger charge is 2.08. The molecule has 0 aromatic heterocycles. The van der Waals surface area contributed by atoms with E-state index in [1.54, 1.807) is 26.4 Å². The molecule has 0 saturated heterocycles. The molecule has 1 aromatic carbocycles. The van der Waals surface area contributed by atoms with Crippen molar-refractivity contribution < 1.29 is 14.2 Å². The lowest BCUT2D eigenvalue weighted by Crippen LogP contribution is -2.22. The maximum Gasteiger partial charge on any atom is 0.191 e. The minimum Gasteiger partial charge on any atom is -0.487 e. The molecule has 0 bridgehead atoms. The van der Waals surface area contributed by atoms with Crippen LogP contribution in [0.25, 0.3) is 0 Å². The Bertz CT molecular complexity index is 316. The Kier molecular flexibility index (Phi) is 5.39. The third kappa shape index (κ3) is 3.99. The summed E-state index contributed by atoms with van der Waals surface area (Å²) in [5, 5.41) is 0.551. The van der Waals surface area contributed by atoms with E-state index in [0.29, 0.717) is 17.4 Å². The van der Waals surface area contributed by atoms with Crippen LogP contribution in [-0.4, -0.2) is 27.1 Å². The van der Waals surface area contributed by atoms with Crippen molar-refractivity contribution in [2.24, 2.45) is 0 Å². The van der Waals surface area contributed by atoms with Gasteiger partial charge in [-0.3, -0.25) is 0 Å². The second-order valence-corrected chi connectivity index (χ2v) is 4.11. The zero-order valence-corrected chi connectivity index (χ0v) is 10.8. The van der Waals surface area contributed by atoms with E-state index in [1.165, 1.54) is 0 Å². The van der Waals surface area contributed by atoms with E-state index in [9.17, 15) is 0 Å². The summed E-state index contributed by atoms with van der Waals surface area (Å²) in [6, 6.07) is 5.41. The van der Waals surface area contributed by atoms with Gasteiger partial charge in [-0.05, 0) is 18.2 Å². The Morgan fingerprint density at radius 2 is 2.00 bits per heavy atom. The summed E-state index contributed by atoms with van der Waals surface area (Å²) in [6.45, 7) is 0.300. The second kappa shape index (κ2) is 6.33. The molecule has 0 spiro atoms. The highest BCUT2D eigenvalue weighted by Crippen LogP contribution is 2.27. The van der Waals surface area contributed by atoms with Gasteiger partial charge in [-0.25, -0.2) is 0 Å². The molecule has 0 fully saturated rings. The van der Waals surface area contributed by atoms with Gasteiger partial charge in [0.05, 0.1) is 5.02 Å². The van der Waals surface area contributed by atoms with Gasteiger partial charge in [0.15, 0.2) is 6.29 Å². The molecule has 0 unspecified atom stereocenters. The van der Waals surface area contributed by atoms with Crippen LogP contribution in [0.5, 0.6) is 5.75 Å². The molecule has 0 heterocycles. The number of hydrogen-bond donors (Lipinski definition) is 0. The molecular formula is C10H12BrClO3.